The van der Waals surface area contributed by atoms with E-state index in [1.54, 1.807) is 6.26 Å². The van der Waals surface area contributed by atoms with Crippen molar-refractivity contribution in [1.29, 1.82) is 0 Å². The van der Waals surface area contributed by atoms with Crippen LogP contribution in [0.1, 0.15) is 0 Å². The van der Waals surface area contributed by atoms with Gasteiger partial charge in [0.2, 0.25) is 0 Å². The van der Waals surface area contributed by atoms with Crippen LogP contribution in [-0.4, -0.2) is 15.4 Å². The molecule has 13 aromatic rings. The minimum absolute atomic E-state index is 0.881. The zero-order valence-corrected chi connectivity index (χ0v) is 33.5. The molecule has 0 spiro atoms. The number of para-hydroxylation sites is 4. The second kappa shape index (κ2) is 13.6. The van der Waals surface area contributed by atoms with Gasteiger partial charge in [-0.3, -0.25) is 0 Å². The number of furan rings is 2. The van der Waals surface area contributed by atoms with E-state index in [9.17, 15) is 0 Å². The van der Waals surface area contributed by atoms with Gasteiger partial charge in [-0.05, 0) is 120 Å². The fourth-order valence-corrected chi connectivity index (χ4v) is 9.45. The monoisotopic (exact) mass is 788 g/mol. The van der Waals surface area contributed by atoms with Crippen LogP contribution < -0.4 is 0 Å². The number of aromatic nitrogens is 2. The number of nitrogens with zero attached hydrogens (tertiary/aromatic N) is 2. The highest BCUT2D eigenvalue weighted by atomic mass is 32.1. The van der Waals surface area contributed by atoms with Gasteiger partial charge in [0.15, 0.2) is 0 Å². The minimum atomic E-state index is 0.881. The quantitative estimate of drug-likeness (QED) is 0.180. The molecule has 5 heteroatoms. The molecule has 0 saturated heterocycles. The molecule has 0 fully saturated rings. The predicted molar refractivity (Wildman–Crippen MR) is 255 cm³/mol. The lowest BCUT2D eigenvalue weighted by Gasteiger charge is -2.09. The average molecular weight is 789 g/mol. The summed E-state index contributed by atoms with van der Waals surface area (Å²) in [6.07, 6.45) is 1.69. The summed E-state index contributed by atoms with van der Waals surface area (Å²) in [6.45, 7) is 0. The molecule has 4 heterocycles. The van der Waals surface area contributed by atoms with Gasteiger partial charge in [0.05, 0.1) is 22.1 Å². The van der Waals surface area contributed by atoms with Crippen LogP contribution in [0.15, 0.2) is 203 Å². The Hall–Kier alpha value is -7.47. The first kappa shape index (κ1) is 34.6. The zero-order valence-electron chi connectivity index (χ0n) is 32.6. The first-order valence-electron chi connectivity index (χ1n) is 20.2. The van der Waals surface area contributed by atoms with Crippen LogP contribution in [0.3, 0.4) is 0 Å². The van der Waals surface area contributed by atoms with E-state index in [0.29, 0.717) is 0 Å². The van der Waals surface area contributed by atoms with Crippen LogP contribution in [0.4, 0.5) is 0 Å². The van der Waals surface area contributed by atoms with Crippen molar-refractivity contribution < 1.29 is 8.83 Å². The molecule has 4 nitrogen and oxygen atoms in total. The maximum absolute atomic E-state index is 6.41. The van der Waals surface area contributed by atoms with Gasteiger partial charge in [-0.1, -0.05) is 103 Å². The SMILES string of the molecule is CS.c1cc(-c2ccc3oc4ccc(-n5c6ccccc6c6ccccc65)cc4c3c2)cc(-c2ccc3oc4ccc(-n5c6ccccc6c6ccccc65)cc4c3c2)c1. The molecule has 9 aromatic carbocycles. The highest BCUT2D eigenvalue weighted by molar-refractivity contribution is 7.79. The fourth-order valence-electron chi connectivity index (χ4n) is 9.45. The smallest absolute Gasteiger partial charge is 0.135 e. The fraction of sp³-hybridized carbons (Fsp3) is 0.0182. The lowest BCUT2D eigenvalue weighted by atomic mass is 9.97. The van der Waals surface area contributed by atoms with Crippen LogP contribution >= 0.6 is 12.6 Å². The van der Waals surface area contributed by atoms with E-state index in [4.69, 9.17) is 8.83 Å². The third kappa shape index (κ3) is 5.19. The maximum atomic E-state index is 6.41. The van der Waals surface area contributed by atoms with Gasteiger partial charge in [-0.2, -0.15) is 12.6 Å². The molecule has 0 radical (unpaired) electrons. The van der Waals surface area contributed by atoms with Crippen molar-refractivity contribution in [3.05, 3.63) is 194 Å². The summed E-state index contributed by atoms with van der Waals surface area (Å²) in [5, 5.41) is 9.42. The highest BCUT2D eigenvalue weighted by Gasteiger charge is 2.17. The number of fused-ring (bicyclic) bond motifs is 12. The van der Waals surface area contributed by atoms with E-state index in [-0.39, 0.29) is 0 Å². The number of hydrogen-bond acceptors (Lipinski definition) is 3. The molecule has 0 aliphatic carbocycles. The van der Waals surface area contributed by atoms with Crippen LogP contribution in [0.2, 0.25) is 0 Å². The van der Waals surface area contributed by atoms with Crippen molar-refractivity contribution >= 4 is 100 Å². The summed E-state index contributed by atoms with van der Waals surface area (Å²) in [5.74, 6) is 0. The van der Waals surface area contributed by atoms with E-state index < -0.39 is 0 Å². The van der Waals surface area contributed by atoms with Crippen LogP contribution in [-0.2, 0) is 0 Å². The molecule has 4 aromatic heterocycles. The number of hydrogen-bond donors (Lipinski definition) is 1. The Kier molecular flexibility index (Phi) is 7.81. The molecule has 0 aliphatic rings. The van der Waals surface area contributed by atoms with Crippen molar-refractivity contribution in [3.63, 3.8) is 0 Å². The summed E-state index contributed by atoms with van der Waals surface area (Å²) < 4.78 is 17.5. The summed E-state index contributed by atoms with van der Waals surface area (Å²) in [4.78, 5) is 0. The average Bonchev–Trinajstić information content (AvgIpc) is 4.06. The third-order valence-corrected chi connectivity index (χ3v) is 12.1. The van der Waals surface area contributed by atoms with Crippen molar-refractivity contribution in [2.24, 2.45) is 0 Å². The van der Waals surface area contributed by atoms with Gasteiger partial charge in [0, 0.05) is 54.5 Å². The van der Waals surface area contributed by atoms with Crippen molar-refractivity contribution in [2.75, 3.05) is 6.26 Å². The Morgan fingerprint density at radius 3 is 0.983 bits per heavy atom. The van der Waals surface area contributed by atoms with E-state index in [1.165, 1.54) is 43.6 Å². The largest absolute Gasteiger partial charge is 0.456 e. The Morgan fingerprint density at radius 2 is 0.600 bits per heavy atom. The Labute approximate surface area is 350 Å². The molecule has 284 valence electrons. The molecule has 0 atom stereocenters. The molecule has 0 saturated carbocycles. The summed E-state index contributed by atoms with van der Waals surface area (Å²) >= 11 is 3.53. The summed E-state index contributed by atoms with van der Waals surface area (Å²) in [5.41, 5.74) is 15.1. The van der Waals surface area contributed by atoms with E-state index in [1.807, 2.05) is 0 Å². The third-order valence-electron chi connectivity index (χ3n) is 12.1. The van der Waals surface area contributed by atoms with Gasteiger partial charge in [-0.15, -0.1) is 0 Å². The van der Waals surface area contributed by atoms with E-state index in [2.05, 4.69) is 216 Å². The Balaban J connectivity index is 0.00000191. The standard InChI is InChI=1S/C54H32N2O2.CH4S/c1-5-16-47-39(12-1)40-13-2-6-17-48(40)55(47)37-22-26-53-45(31-37)43-29-35(20-24-51(43)57-53)33-10-9-11-34(28-33)36-21-25-52-44(30-36)46-32-38(23-27-54(46)58-52)56-49-18-7-3-14-41(49)42-15-4-8-19-50(42)56;1-2/h1-32H;2H,1H3. The molecule has 60 heavy (non-hydrogen) atoms. The second-order valence-electron chi connectivity index (χ2n) is 15.3. The van der Waals surface area contributed by atoms with Gasteiger partial charge >= 0.3 is 0 Å². The molecule has 0 unspecified atom stereocenters. The summed E-state index contributed by atoms with van der Waals surface area (Å²) in [7, 11) is 0. The molecule has 13 rings (SSSR count). The predicted octanol–water partition coefficient (Wildman–Crippen LogP) is 15.6. The van der Waals surface area contributed by atoms with Crippen LogP contribution in [0.25, 0.3) is 121 Å². The lowest BCUT2D eigenvalue weighted by Crippen LogP contribution is -1.93. The van der Waals surface area contributed by atoms with Crippen LogP contribution in [0.5, 0.6) is 0 Å². The Bertz CT molecular complexity index is 3470. The first-order valence-corrected chi connectivity index (χ1v) is 21.1. The number of thiol groups is 1. The Morgan fingerprint density at radius 1 is 0.283 bits per heavy atom. The lowest BCUT2D eigenvalue weighted by molar-refractivity contribution is 0.668. The normalized spacial score (nSPS) is 11.8. The van der Waals surface area contributed by atoms with Gasteiger partial charge < -0.3 is 18.0 Å². The molecular weight excluding hydrogens is 753 g/mol. The van der Waals surface area contributed by atoms with Gasteiger partial charge in [-0.25, -0.2) is 0 Å². The van der Waals surface area contributed by atoms with Crippen molar-refractivity contribution in [3.8, 4) is 33.6 Å². The highest BCUT2D eigenvalue weighted by Crippen LogP contribution is 2.40. The minimum Gasteiger partial charge on any atom is -0.456 e. The molecule has 0 N–H and O–H groups in total. The maximum Gasteiger partial charge on any atom is 0.135 e. The molecule has 0 aliphatic heterocycles. The van der Waals surface area contributed by atoms with Crippen LogP contribution in [0, 0.1) is 0 Å². The second-order valence-corrected chi connectivity index (χ2v) is 15.3. The van der Waals surface area contributed by atoms with Gasteiger partial charge in [0.1, 0.15) is 22.3 Å². The first-order chi connectivity index (χ1) is 29.7. The van der Waals surface area contributed by atoms with E-state index in [0.717, 1.165) is 77.5 Å². The molecular formula is C55H36N2O2S. The van der Waals surface area contributed by atoms with Gasteiger partial charge in [0.25, 0.3) is 0 Å². The number of rotatable bonds is 4. The summed E-state index contributed by atoms with van der Waals surface area (Å²) in [6, 6.07) is 69.6. The van der Waals surface area contributed by atoms with E-state index >= 15 is 0 Å². The zero-order chi connectivity index (χ0) is 39.9. The van der Waals surface area contributed by atoms with Crippen molar-refractivity contribution in [1.82, 2.24) is 9.13 Å². The molecule has 0 amide bonds. The molecule has 0 bridgehead atoms. The topological polar surface area (TPSA) is 36.1 Å². The van der Waals surface area contributed by atoms with Crippen molar-refractivity contribution in [2.45, 2.75) is 0 Å². The number of benzene rings is 9.